The fourth-order valence-corrected chi connectivity index (χ4v) is 2.94. The highest BCUT2D eigenvalue weighted by atomic mass is 32.2. The van der Waals surface area contributed by atoms with Crippen molar-refractivity contribution < 1.29 is 0 Å². The average molecular weight is 238 g/mol. The van der Waals surface area contributed by atoms with E-state index in [0.717, 1.165) is 24.2 Å². The third kappa shape index (κ3) is 3.01. The summed E-state index contributed by atoms with van der Waals surface area (Å²) in [5.41, 5.74) is 0. The Morgan fingerprint density at radius 1 is 1.56 bits per heavy atom. The maximum atomic E-state index is 4.43. The molecule has 1 N–H and O–H groups in total. The molecule has 88 valence electrons. The van der Waals surface area contributed by atoms with Gasteiger partial charge in [-0.2, -0.15) is 16.7 Å². The molecule has 0 amide bonds. The fourth-order valence-electron chi connectivity index (χ4n) is 1.66. The standard InChI is InChI=1S/C11H18N4S/c1-15(2)11-12-5-3-10(14-11)13-7-9-4-6-16-8-9/h3,5,9H,4,6-8H2,1-2H3,(H,12,13,14). The van der Waals surface area contributed by atoms with Gasteiger partial charge in [0.15, 0.2) is 0 Å². The van der Waals surface area contributed by atoms with E-state index >= 15 is 0 Å². The zero-order chi connectivity index (χ0) is 11.4. The second-order valence-electron chi connectivity index (χ2n) is 4.25. The van der Waals surface area contributed by atoms with E-state index in [1.807, 2.05) is 36.8 Å². The Morgan fingerprint density at radius 3 is 3.12 bits per heavy atom. The highest BCUT2D eigenvalue weighted by Gasteiger charge is 2.15. The first kappa shape index (κ1) is 11.5. The zero-order valence-electron chi connectivity index (χ0n) is 9.81. The Labute approximate surface area is 101 Å². The monoisotopic (exact) mass is 238 g/mol. The van der Waals surface area contributed by atoms with Gasteiger partial charge in [-0.15, -0.1) is 0 Å². The maximum absolute atomic E-state index is 4.43. The summed E-state index contributed by atoms with van der Waals surface area (Å²) >= 11 is 2.04. The quantitative estimate of drug-likeness (QED) is 0.865. The normalized spacial score (nSPS) is 19.8. The predicted octanol–water partition coefficient (Wildman–Crippen LogP) is 1.71. The summed E-state index contributed by atoms with van der Waals surface area (Å²) in [5, 5.41) is 3.39. The van der Waals surface area contributed by atoms with Gasteiger partial charge in [0.05, 0.1) is 0 Å². The Kier molecular flexibility index (Phi) is 3.88. The minimum Gasteiger partial charge on any atom is -0.370 e. The largest absolute Gasteiger partial charge is 0.370 e. The summed E-state index contributed by atoms with van der Waals surface area (Å²) in [6.07, 6.45) is 3.12. The van der Waals surface area contributed by atoms with Crippen LogP contribution in [0.5, 0.6) is 0 Å². The van der Waals surface area contributed by atoms with E-state index in [2.05, 4.69) is 15.3 Å². The third-order valence-electron chi connectivity index (χ3n) is 2.64. The van der Waals surface area contributed by atoms with E-state index in [0.29, 0.717) is 0 Å². The molecule has 0 spiro atoms. The molecule has 2 heterocycles. The molecular formula is C11H18N4S. The van der Waals surface area contributed by atoms with Crippen molar-refractivity contribution >= 4 is 23.5 Å². The molecule has 2 rings (SSSR count). The number of hydrogen-bond donors (Lipinski definition) is 1. The van der Waals surface area contributed by atoms with Crippen molar-refractivity contribution in [3.63, 3.8) is 0 Å². The minimum atomic E-state index is 0.755. The number of nitrogens with one attached hydrogen (secondary N) is 1. The van der Waals surface area contributed by atoms with Crippen molar-refractivity contribution in [2.75, 3.05) is 42.4 Å². The van der Waals surface area contributed by atoms with Crippen LogP contribution in [0.1, 0.15) is 6.42 Å². The molecule has 1 aromatic heterocycles. The number of anilines is 2. The van der Waals surface area contributed by atoms with Crippen LogP contribution in [0.4, 0.5) is 11.8 Å². The molecule has 1 aromatic rings. The molecule has 1 saturated heterocycles. The number of aromatic nitrogens is 2. The molecule has 0 radical (unpaired) electrons. The molecule has 16 heavy (non-hydrogen) atoms. The van der Waals surface area contributed by atoms with Crippen molar-refractivity contribution in [1.82, 2.24) is 9.97 Å². The molecule has 0 saturated carbocycles. The van der Waals surface area contributed by atoms with Gasteiger partial charge >= 0.3 is 0 Å². The maximum Gasteiger partial charge on any atom is 0.226 e. The minimum absolute atomic E-state index is 0.755. The molecule has 1 fully saturated rings. The van der Waals surface area contributed by atoms with Gasteiger partial charge in [0.25, 0.3) is 0 Å². The number of rotatable bonds is 4. The van der Waals surface area contributed by atoms with Crippen LogP contribution in [0.15, 0.2) is 12.3 Å². The first-order chi connectivity index (χ1) is 7.75. The smallest absolute Gasteiger partial charge is 0.226 e. The Hall–Kier alpha value is -0.970. The Morgan fingerprint density at radius 2 is 2.44 bits per heavy atom. The molecule has 5 heteroatoms. The second-order valence-corrected chi connectivity index (χ2v) is 5.40. The molecule has 1 aliphatic heterocycles. The first-order valence-electron chi connectivity index (χ1n) is 5.57. The van der Waals surface area contributed by atoms with Gasteiger partial charge in [0.1, 0.15) is 5.82 Å². The van der Waals surface area contributed by atoms with Crippen molar-refractivity contribution in [3.05, 3.63) is 12.3 Å². The highest BCUT2D eigenvalue weighted by molar-refractivity contribution is 7.99. The fraction of sp³-hybridized carbons (Fsp3) is 0.636. The van der Waals surface area contributed by atoms with Crippen molar-refractivity contribution in [3.8, 4) is 0 Å². The van der Waals surface area contributed by atoms with Gasteiger partial charge in [-0.25, -0.2) is 4.98 Å². The number of thioether (sulfide) groups is 1. The van der Waals surface area contributed by atoms with Gasteiger partial charge in [-0.05, 0) is 29.9 Å². The molecule has 1 atom stereocenters. The van der Waals surface area contributed by atoms with Gasteiger partial charge in [0, 0.05) is 26.8 Å². The van der Waals surface area contributed by atoms with Crippen LogP contribution in [0.2, 0.25) is 0 Å². The van der Waals surface area contributed by atoms with Crippen molar-refractivity contribution in [2.45, 2.75) is 6.42 Å². The molecule has 0 bridgehead atoms. The Balaban J connectivity index is 1.90. The Bertz CT molecular complexity index is 337. The van der Waals surface area contributed by atoms with E-state index in [4.69, 9.17) is 0 Å². The van der Waals surface area contributed by atoms with Crippen LogP contribution < -0.4 is 10.2 Å². The summed E-state index contributed by atoms with van der Waals surface area (Å²) in [7, 11) is 3.90. The number of hydrogen-bond acceptors (Lipinski definition) is 5. The van der Waals surface area contributed by atoms with E-state index in [1.165, 1.54) is 17.9 Å². The van der Waals surface area contributed by atoms with E-state index in [1.54, 1.807) is 6.20 Å². The van der Waals surface area contributed by atoms with Crippen LogP contribution >= 0.6 is 11.8 Å². The second kappa shape index (κ2) is 5.39. The summed E-state index contributed by atoms with van der Waals surface area (Å²) in [6.45, 7) is 1.02. The summed E-state index contributed by atoms with van der Waals surface area (Å²) < 4.78 is 0. The zero-order valence-corrected chi connectivity index (χ0v) is 10.6. The summed E-state index contributed by atoms with van der Waals surface area (Å²) in [4.78, 5) is 10.5. The van der Waals surface area contributed by atoms with Crippen molar-refractivity contribution in [2.24, 2.45) is 5.92 Å². The molecule has 4 nitrogen and oxygen atoms in total. The topological polar surface area (TPSA) is 41.1 Å². The van der Waals surface area contributed by atoms with Crippen LogP contribution in [-0.2, 0) is 0 Å². The SMILES string of the molecule is CN(C)c1nccc(NCC2CCSC2)n1. The van der Waals surface area contributed by atoms with E-state index < -0.39 is 0 Å². The predicted molar refractivity (Wildman–Crippen MR) is 70.3 cm³/mol. The molecular weight excluding hydrogens is 220 g/mol. The molecule has 1 unspecified atom stereocenters. The van der Waals surface area contributed by atoms with E-state index in [9.17, 15) is 0 Å². The molecule has 1 aliphatic rings. The first-order valence-corrected chi connectivity index (χ1v) is 6.73. The lowest BCUT2D eigenvalue weighted by molar-refractivity contribution is 0.630. The lowest BCUT2D eigenvalue weighted by Crippen LogP contribution is -2.17. The van der Waals surface area contributed by atoms with Gasteiger partial charge < -0.3 is 10.2 Å². The van der Waals surface area contributed by atoms with Crippen LogP contribution in [0, 0.1) is 5.92 Å². The molecule has 0 aromatic carbocycles. The average Bonchev–Trinajstić information content (AvgIpc) is 2.79. The van der Waals surface area contributed by atoms with Crippen LogP contribution in [-0.4, -0.2) is 42.1 Å². The molecule has 0 aliphatic carbocycles. The highest BCUT2D eigenvalue weighted by Crippen LogP contribution is 2.23. The van der Waals surface area contributed by atoms with Gasteiger partial charge in [-0.1, -0.05) is 0 Å². The third-order valence-corrected chi connectivity index (χ3v) is 3.87. The van der Waals surface area contributed by atoms with Gasteiger partial charge in [0.2, 0.25) is 5.95 Å². The lowest BCUT2D eigenvalue weighted by atomic mass is 10.1. The van der Waals surface area contributed by atoms with E-state index in [-0.39, 0.29) is 0 Å². The van der Waals surface area contributed by atoms with Crippen LogP contribution in [0.3, 0.4) is 0 Å². The number of nitrogens with zero attached hydrogens (tertiary/aromatic N) is 3. The van der Waals surface area contributed by atoms with Gasteiger partial charge in [-0.3, -0.25) is 0 Å². The van der Waals surface area contributed by atoms with Crippen molar-refractivity contribution in [1.29, 1.82) is 0 Å². The summed E-state index contributed by atoms with van der Waals surface area (Å²) in [6, 6.07) is 1.93. The lowest BCUT2D eigenvalue weighted by Gasteiger charge is -2.13. The van der Waals surface area contributed by atoms with Crippen LogP contribution in [0.25, 0.3) is 0 Å². The summed E-state index contributed by atoms with van der Waals surface area (Å²) in [5.74, 6) is 5.06.